The number of ether oxygens (including phenoxy) is 3. The van der Waals surface area contributed by atoms with Crippen LogP contribution in [-0.2, 0) is 4.74 Å². The zero-order valence-electron chi connectivity index (χ0n) is 14.2. The standard InChI is InChI=1S/C17H25N3O3S/c1-3-8-23-15-7-6-13(10-16(15)21-2)11-19-20-17(24)18-12-14-5-4-9-22-14/h6-7,10-11,14H,3-5,8-9,12H2,1-2H3,(H2,18,20,24)/b19-11-/t14-/m1/s1. The minimum atomic E-state index is 0.244. The van der Waals surface area contributed by atoms with Crippen molar-refractivity contribution in [3.63, 3.8) is 0 Å². The summed E-state index contributed by atoms with van der Waals surface area (Å²) in [4.78, 5) is 0. The first-order valence-electron chi connectivity index (χ1n) is 8.22. The van der Waals surface area contributed by atoms with Crippen LogP contribution in [0.1, 0.15) is 31.7 Å². The number of methoxy groups -OCH3 is 1. The van der Waals surface area contributed by atoms with E-state index in [1.807, 2.05) is 18.2 Å². The van der Waals surface area contributed by atoms with E-state index >= 15 is 0 Å². The third kappa shape index (κ3) is 5.98. The first-order valence-corrected chi connectivity index (χ1v) is 8.63. The number of rotatable bonds is 8. The summed E-state index contributed by atoms with van der Waals surface area (Å²) >= 11 is 5.19. The number of hydrogen-bond acceptors (Lipinski definition) is 5. The molecule has 0 radical (unpaired) electrons. The number of nitrogens with zero attached hydrogens (tertiary/aromatic N) is 1. The monoisotopic (exact) mass is 351 g/mol. The quantitative estimate of drug-likeness (QED) is 0.426. The zero-order valence-corrected chi connectivity index (χ0v) is 15.0. The topological polar surface area (TPSA) is 64.1 Å². The molecular weight excluding hydrogens is 326 g/mol. The second-order valence-electron chi connectivity index (χ2n) is 5.47. The largest absolute Gasteiger partial charge is 0.493 e. The van der Waals surface area contributed by atoms with Crippen LogP contribution in [0.15, 0.2) is 23.3 Å². The molecule has 0 unspecified atom stereocenters. The van der Waals surface area contributed by atoms with Crippen molar-refractivity contribution in [1.29, 1.82) is 0 Å². The summed E-state index contributed by atoms with van der Waals surface area (Å²) in [6.07, 6.45) is 5.07. The van der Waals surface area contributed by atoms with E-state index in [-0.39, 0.29) is 6.10 Å². The van der Waals surface area contributed by atoms with Gasteiger partial charge < -0.3 is 19.5 Å². The van der Waals surface area contributed by atoms with Gasteiger partial charge in [0.1, 0.15) is 0 Å². The number of benzene rings is 1. The van der Waals surface area contributed by atoms with Gasteiger partial charge in [-0.1, -0.05) is 6.92 Å². The second kappa shape index (κ2) is 10.1. The molecule has 1 aliphatic heterocycles. The lowest BCUT2D eigenvalue weighted by Gasteiger charge is -2.12. The zero-order chi connectivity index (χ0) is 17.2. The molecule has 0 amide bonds. The van der Waals surface area contributed by atoms with Crippen LogP contribution in [0.2, 0.25) is 0 Å². The summed E-state index contributed by atoms with van der Waals surface area (Å²) in [7, 11) is 1.62. The van der Waals surface area contributed by atoms with Crippen molar-refractivity contribution in [2.45, 2.75) is 32.3 Å². The minimum Gasteiger partial charge on any atom is -0.493 e. The summed E-state index contributed by atoms with van der Waals surface area (Å²) in [6, 6.07) is 5.67. The van der Waals surface area contributed by atoms with Crippen LogP contribution in [0.4, 0.5) is 0 Å². The van der Waals surface area contributed by atoms with Crippen LogP contribution in [0.5, 0.6) is 11.5 Å². The van der Waals surface area contributed by atoms with Gasteiger partial charge in [-0.15, -0.1) is 0 Å². The number of thiocarbonyl (C=S) groups is 1. The van der Waals surface area contributed by atoms with E-state index in [0.29, 0.717) is 24.0 Å². The number of nitrogens with one attached hydrogen (secondary N) is 2. The molecule has 0 bridgehead atoms. The molecule has 1 heterocycles. The van der Waals surface area contributed by atoms with Crippen molar-refractivity contribution in [3.8, 4) is 11.5 Å². The minimum absolute atomic E-state index is 0.244. The lowest BCUT2D eigenvalue weighted by atomic mass is 10.2. The molecule has 1 aromatic carbocycles. The third-order valence-electron chi connectivity index (χ3n) is 3.54. The maximum absolute atomic E-state index is 5.63. The van der Waals surface area contributed by atoms with Gasteiger partial charge >= 0.3 is 0 Å². The molecule has 24 heavy (non-hydrogen) atoms. The summed E-state index contributed by atoms with van der Waals surface area (Å²) in [5.74, 6) is 1.42. The predicted molar refractivity (Wildman–Crippen MR) is 99.1 cm³/mol. The van der Waals surface area contributed by atoms with Gasteiger partial charge in [0.15, 0.2) is 16.6 Å². The fourth-order valence-electron chi connectivity index (χ4n) is 2.31. The maximum atomic E-state index is 5.63. The summed E-state index contributed by atoms with van der Waals surface area (Å²) in [6.45, 7) is 4.27. The molecule has 0 saturated carbocycles. The van der Waals surface area contributed by atoms with Gasteiger partial charge in [-0.3, -0.25) is 5.43 Å². The Hall–Kier alpha value is -1.86. The summed E-state index contributed by atoms with van der Waals surface area (Å²) in [5, 5.41) is 7.72. The second-order valence-corrected chi connectivity index (χ2v) is 5.88. The van der Waals surface area contributed by atoms with E-state index in [4.69, 9.17) is 26.4 Å². The van der Waals surface area contributed by atoms with Gasteiger partial charge in [0.05, 0.1) is 26.0 Å². The Labute approximate surface area is 148 Å². The highest BCUT2D eigenvalue weighted by Crippen LogP contribution is 2.27. The Morgan fingerprint density at radius 3 is 3.04 bits per heavy atom. The van der Waals surface area contributed by atoms with E-state index in [2.05, 4.69) is 22.8 Å². The van der Waals surface area contributed by atoms with Crippen molar-refractivity contribution >= 4 is 23.5 Å². The van der Waals surface area contributed by atoms with Crippen molar-refractivity contribution in [2.75, 3.05) is 26.9 Å². The third-order valence-corrected chi connectivity index (χ3v) is 3.78. The van der Waals surface area contributed by atoms with Gasteiger partial charge in [0.25, 0.3) is 0 Å². The smallest absolute Gasteiger partial charge is 0.187 e. The lowest BCUT2D eigenvalue weighted by molar-refractivity contribution is 0.114. The van der Waals surface area contributed by atoms with Crippen LogP contribution in [0.3, 0.4) is 0 Å². The molecule has 6 nitrogen and oxygen atoms in total. The van der Waals surface area contributed by atoms with Gasteiger partial charge in [-0.25, -0.2) is 0 Å². The molecule has 1 saturated heterocycles. The highest BCUT2D eigenvalue weighted by molar-refractivity contribution is 7.80. The summed E-state index contributed by atoms with van der Waals surface area (Å²) in [5.41, 5.74) is 3.70. The summed E-state index contributed by atoms with van der Waals surface area (Å²) < 4.78 is 16.5. The van der Waals surface area contributed by atoms with E-state index in [9.17, 15) is 0 Å². The molecule has 1 aromatic rings. The van der Waals surface area contributed by atoms with E-state index < -0.39 is 0 Å². The lowest BCUT2D eigenvalue weighted by Crippen LogP contribution is -2.37. The number of hydrazone groups is 1. The molecule has 2 N–H and O–H groups in total. The van der Waals surface area contributed by atoms with Gasteiger partial charge in [0, 0.05) is 13.2 Å². The van der Waals surface area contributed by atoms with Crippen molar-refractivity contribution < 1.29 is 14.2 Å². The molecule has 0 aromatic heterocycles. The Morgan fingerprint density at radius 2 is 2.33 bits per heavy atom. The highest BCUT2D eigenvalue weighted by Gasteiger charge is 2.15. The molecule has 0 spiro atoms. The normalized spacial score (nSPS) is 17.0. The predicted octanol–water partition coefficient (Wildman–Crippen LogP) is 2.46. The first kappa shape index (κ1) is 18.5. The first-order chi connectivity index (χ1) is 11.7. The molecule has 2 rings (SSSR count). The average Bonchev–Trinajstić information content (AvgIpc) is 3.12. The van der Waals surface area contributed by atoms with Crippen molar-refractivity contribution in [3.05, 3.63) is 23.8 Å². The maximum Gasteiger partial charge on any atom is 0.187 e. The molecular formula is C17H25N3O3S. The van der Waals surface area contributed by atoms with Gasteiger partial charge in [-0.05, 0) is 55.2 Å². The Morgan fingerprint density at radius 1 is 1.46 bits per heavy atom. The van der Waals surface area contributed by atoms with E-state index in [1.54, 1.807) is 13.3 Å². The van der Waals surface area contributed by atoms with Crippen LogP contribution in [0.25, 0.3) is 0 Å². The van der Waals surface area contributed by atoms with E-state index in [1.165, 1.54) is 0 Å². The fraction of sp³-hybridized carbons (Fsp3) is 0.529. The molecule has 1 atom stereocenters. The van der Waals surface area contributed by atoms with Gasteiger partial charge in [0.2, 0.25) is 0 Å². The molecule has 1 aliphatic rings. The van der Waals surface area contributed by atoms with Crippen LogP contribution < -0.4 is 20.2 Å². The molecule has 1 fully saturated rings. The molecule has 0 aliphatic carbocycles. The van der Waals surface area contributed by atoms with Crippen LogP contribution >= 0.6 is 12.2 Å². The Kier molecular flexibility index (Phi) is 7.77. The molecule has 132 valence electrons. The van der Waals surface area contributed by atoms with Crippen LogP contribution in [-0.4, -0.2) is 44.3 Å². The SMILES string of the molecule is CCCOc1ccc(/C=N\NC(=S)NC[C@H]2CCCO2)cc1OC. The van der Waals surface area contributed by atoms with Crippen molar-refractivity contribution in [2.24, 2.45) is 5.10 Å². The Bertz CT molecular complexity index is 560. The Balaban J connectivity index is 1.80. The average molecular weight is 351 g/mol. The van der Waals surface area contributed by atoms with Gasteiger partial charge in [-0.2, -0.15) is 5.10 Å². The number of hydrogen-bond donors (Lipinski definition) is 2. The van der Waals surface area contributed by atoms with E-state index in [0.717, 1.165) is 37.2 Å². The van der Waals surface area contributed by atoms with Crippen LogP contribution in [0, 0.1) is 0 Å². The highest BCUT2D eigenvalue weighted by atomic mass is 32.1. The van der Waals surface area contributed by atoms with Crippen molar-refractivity contribution in [1.82, 2.24) is 10.7 Å². The molecule has 7 heteroatoms. The fourth-order valence-corrected chi connectivity index (χ4v) is 2.45.